The average molecular weight is 308 g/mol. The molecule has 0 fully saturated rings. The van der Waals surface area contributed by atoms with Gasteiger partial charge >= 0.3 is 5.97 Å². The summed E-state index contributed by atoms with van der Waals surface area (Å²) in [7, 11) is -3.53. The van der Waals surface area contributed by atoms with E-state index in [0.717, 1.165) is 12.8 Å². The van der Waals surface area contributed by atoms with Crippen molar-refractivity contribution in [2.45, 2.75) is 31.6 Å². The number of carbonyl (C=O) groups is 1. The molecule has 1 aromatic rings. The van der Waals surface area contributed by atoms with Crippen LogP contribution in [0.15, 0.2) is 29.2 Å². The summed E-state index contributed by atoms with van der Waals surface area (Å²) in [5.41, 5.74) is 0.0801. The molecule has 0 aliphatic rings. The molecule has 1 aromatic carbocycles. The van der Waals surface area contributed by atoms with Crippen molar-refractivity contribution >= 4 is 45.5 Å². The molecule has 0 amide bonds. The molecule has 0 atom stereocenters. The van der Waals surface area contributed by atoms with E-state index >= 15 is 0 Å². The van der Waals surface area contributed by atoms with E-state index in [9.17, 15) is 13.2 Å². The van der Waals surface area contributed by atoms with E-state index in [1.54, 1.807) is 0 Å². The van der Waals surface area contributed by atoms with Gasteiger partial charge in [0.05, 0.1) is 10.5 Å². The van der Waals surface area contributed by atoms with Crippen LogP contribution in [0.3, 0.4) is 0 Å². The molecule has 1 rings (SSSR count). The molecule has 5 nitrogen and oxygen atoms in total. The molecule has 0 unspecified atom stereocenters. The average Bonchev–Trinajstić information content (AvgIpc) is 2.38. The van der Waals surface area contributed by atoms with E-state index in [1.807, 2.05) is 13.8 Å². The third-order valence-corrected chi connectivity index (χ3v) is 4.60. The van der Waals surface area contributed by atoms with Gasteiger partial charge in [-0.2, -0.15) is 4.31 Å². The summed E-state index contributed by atoms with van der Waals surface area (Å²) in [4.78, 5) is 10.9. The van der Waals surface area contributed by atoms with Crippen LogP contribution in [-0.2, 0) is 10.0 Å². The minimum absolute atomic E-state index is 0. The Morgan fingerprint density at radius 2 is 1.55 bits per heavy atom. The van der Waals surface area contributed by atoms with Crippen LogP contribution in [0.25, 0.3) is 0 Å². The Bertz CT molecular complexity index is 522. The van der Waals surface area contributed by atoms with Crippen molar-refractivity contribution in [2.75, 3.05) is 13.1 Å². The SMILES string of the molecule is CCCN(CCC)S(=O)(=O)c1ccc(C(=O)O)cc1.[Na]. The third kappa shape index (κ3) is 4.86. The van der Waals surface area contributed by atoms with E-state index < -0.39 is 16.0 Å². The minimum Gasteiger partial charge on any atom is -0.478 e. The second kappa shape index (κ2) is 8.79. The van der Waals surface area contributed by atoms with Crippen LogP contribution in [0, 0.1) is 0 Å². The Morgan fingerprint density at radius 1 is 1.10 bits per heavy atom. The normalized spacial score (nSPS) is 11.2. The van der Waals surface area contributed by atoms with Gasteiger partial charge in [0.25, 0.3) is 0 Å². The molecule has 0 saturated carbocycles. The molecule has 0 bridgehead atoms. The number of hydrogen-bond donors (Lipinski definition) is 1. The summed E-state index contributed by atoms with van der Waals surface area (Å²) in [6, 6.07) is 5.31. The fourth-order valence-electron chi connectivity index (χ4n) is 1.77. The van der Waals surface area contributed by atoms with Crippen LogP contribution < -0.4 is 0 Å². The number of aromatic carboxylic acids is 1. The number of benzene rings is 1. The van der Waals surface area contributed by atoms with Crippen LogP contribution in [0.5, 0.6) is 0 Å². The predicted octanol–water partition coefficient (Wildman–Crippen LogP) is 1.81. The first-order valence-corrected chi connectivity index (χ1v) is 7.71. The van der Waals surface area contributed by atoms with Gasteiger partial charge in [0.1, 0.15) is 0 Å². The standard InChI is InChI=1S/C13H19NO4S.Na/c1-3-9-14(10-4-2)19(17,18)12-7-5-11(6-8-12)13(15)16;/h5-8H,3-4,9-10H2,1-2H3,(H,15,16);. The molecule has 0 aliphatic carbocycles. The van der Waals surface area contributed by atoms with Gasteiger partial charge in [-0.25, -0.2) is 13.2 Å². The predicted molar refractivity (Wildman–Crippen MR) is 78.5 cm³/mol. The molecule has 7 heteroatoms. The fourth-order valence-corrected chi connectivity index (χ4v) is 3.39. The maximum absolute atomic E-state index is 12.4. The zero-order chi connectivity index (χ0) is 14.5. The van der Waals surface area contributed by atoms with E-state index in [4.69, 9.17) is 5.11 Å². The van der Waals surface area contributed by atoms with Crippen molar-refractivity contribution in [3.63, 3.8) is 0 Å². The molecule has 0 saturated heterocycles. The Morgan fingerprint density at radius 3 is 1.90 bits per heavy atom. The quantitative estimate of drug-likeness (QED) is 0.780. The van der Waals surface area contributed by atoms with Crippen molar-refractivity contribution in [3.05, 3.63) is 29.8 Å². The Kier molecular flexibility index (Phi) is 8.62. The van der Waals surface area contributed by atoms with E-state index in [0.29, 0.717) is 13.1 Å². The maximum Gasteiger partial charge on any atom is 0.335 e. The van der Waals surface area contributed by atoms with Crippen LogP contribution >= 0.6 is 0 Å². The van der Waals surface area contributed by atoms with Crippen LogP contribution in [0.1, 0.15) is 37.0 Å². The molecule has 0 spiro atoms. The summed E-state index contributed by atoms with van der Waals surface area (Å²) in [5, 5.41) is 8.80. The van der Waals surface area contributed by atoms with Crippen molar-refractivity contribution in [2.24, 2.45) is 0 Å². The van der Waals surface area contributed by atoms with E-state index in [2.05, 4.69) is 0 Å². The topological polar surface area (TPSA) is 74.7 Å². The summed E-state index contributed by atoms with van der Waals surface area (Å²) in [6.45, 7) is 4.78. The number of carboxylic acids is 1. The Balaban J connectivity index is 0.00000361. The maximum atomic E-state index is 12.4. The van der Waals surface area contributed by atoms with Crippen molar-refractivity contribution in [1.82, 2.24) is 4.31 Å². The van der Waals surface area contributed by atoms with Gasteiger partial charge in [0.15, 0.2) is 0 Å². The number of hydrogen-bond acceptors (Lipinski definition) is 3. The van der Waals surface area contributed by atoms with E-state index in [1.165, 1.54) is 28.6 Å². The molecule has 1 radical (unpaired) electrons. The van der Waals surface area contributed by atoms with Gasteiger partial charge in [-0.05, 0) is 37.1 Å². The van der Waals surface area contributed by atoms with Crippen molar-refractivity contribution < 1.29 is 18.3 Å². The first-order chi connectivity index (χ1) is 8.93. The minimum atomic E-state index is -3.53. The number of nitrogens with zero attached hydrogens (tertiary/aromatic N) is 1. The second-order valence-corrected chi connectivity index (χ2v) is 6.17. The van der Waals surface area contributed by atoms with Crippen LogP contribution in [0.4, 0.5) is 0 Å². The summed E-state index contributed by atoms with van der Waals surface area (Å²) in [6.07, 6.45) is 1.48. The first kappa shape index (κ1) is 19.6. The number of sulfonamides is 1. The number of rotatable bonds is 7. The molecule has 0 aromatic heterocycles. The number of carboxylic acid groups (broad SMARTS) is 1. The third-order valence-electron chi connectivity index (χ3n) is 2.69. The first-order valence-electron chi connectivity index (χ1n) is 6.27. The molecule has 1 N–H and O–H groups in total. The zero-order valence-electron chi connectivity index (χ0n) is 12.2. The smallest absolute Gasteiger partial charge is 0.335 e. The Labute approximate surface area is 142 Å². The summed E-state index contributed by atoms with van der Waals surface area (Å²) >= 11 is 0. The zero-order valence-corrected chi connectivity index (χ0v) is 15.0. The van der Waals surface area contributed by atoms with Crippen molar-refractivity contribution in [3.8, 4) is 0 Å². The fraction of sp³-hybridized carbons (Fsp3) is 0.462. The van der Waals surface area contributed by atoms with Gasteiger partial charge in [0, 0.05) is 42.6 Å². The van der Waals surface area contributed by atoms with Gasteiger partial charge in [0.2, 0.25) is 10.0 Å². The molecule has 0 heterocycles. The van der Waals surface area contributed by atoms with Gasteiger partial charge in [-0.1, -0.05) is 13.8 Å². The van der Waals surface area contributed by atoms with Crippen LogP contribution in [-0.4, -0.2) is 66.4 Å². The molecule has 107 valence electrons. The molecule has 0 aliphatic heterocycles. The molecular formula is C13H19NNaO4S. The monoisotopic (exact) mass is 308 g/mol. The molecule has 20 heavy (non-hydrogen) atoms. The van der Waals surface area contributed by atoms with Gasteiger partial charge < -0.3 is 5.11 Å². The molecular weight excluding hydrogens is 289 g/mol. The summed E-state index contributed by atoms with van der Waals surface area (Å²) < 4.78 is 26.2. The van der Waals surface area contributed by atoms with Crippen LogP contribution in [0.2, 0.25) is 0 Å². The van der Waals surface area contributed by atoms with Gasteiger partial charge in [-0.3, -0.25) is 0 Å². The van der Waals surface area contributed by atoms with Crippen molar-refractivity contribution in [1.29, 1.82) is 0 Å². The van der Waals surface area contributed by atoms with Gasteiger partial charge in [-0.15, -0.1) is 0 Å². The Hall–Kier alpha value is -0.400. The van der Waals surface area contributed by atoms with E-state index in [-0.39, 0.29) is 40.0 Å². The summed E-state index contributed by atoms with van der Waals surface area (Å²) in [5.74, 6) is -1.07. The largest absolute Gasteiger partial charge is 0.478 e. The second-order valence-electron chi connectivity index (χ2n) is 4.23.